The number of amides is 1. The monoisotopic (exact) mass is 249 g/mol. The Bertz CT molecular complexity index is 382. The zero-order valence-corrected chi connectivity index (χ0v) is 11.6. The molecule has 0 aliphatic rings. The van der Waals surface area contributed by atoms with Crippen molar-refractivity contribution in [3.05, 3.63) is 30.3 Å². The summed E-state index contributed by atoms with van der Waals surface area (Å²) < 4.78 is 5.02. The van der Waals surface area contributed by atoms with E-state index in [0.29, 0.717) is 5.75 Å². The van der Waals surface area contributed by atoms with Crippen molar-refractivity contribution >= 4 is 20.4 Å². The molecule has 0 unspecified atom stereocenters. The van der Waals surface area contributed by atoms with Gasteiger partial charge in [0.05, 0.1) is 0 Å². The van der Waals surface area contributed by atoms with Crippen LogP contribution in [0.5, 0.6) is 5.75 Å². The van der Waals surface area contributed by atoms with Crippen LogP contribution in [-0.2, 0) is 0 Å². The fourth-order valence-electron chi connectivity index (χ4n) is 1.25. The molecule has 0 aliphatic heterocycles. The maximum Gasteiger partial charge on any atom is 0.438 e. The topological polar surface area (TPSA) is 38.7 Å². The average Bonchev–Trinajstić information content (AvgIpc) is 2.25. The third-order valence-electron chi connectivity index (χ3n) is 2.17. The van der Waals surface area contributed by atoms with Crippen LogP contribution in [0.3, 0.4) is 0 Å². The Kier molecular flexibility index (Phi) is 5.09. The Morgan fingerprint density at radius 1 is 1.29 bits per heavy atom. The molecule has 0 aromatic heterocycles. The maximum atomic E-state index is 11.3. The van der Waals surface area contributed by atoms with E-state index in [1.807, 2.05) is 18.2 Å². The van der Waals surface area contributed by atoms with Crippen LogP contribution in [-0.4, -0.2) is 20.4 Å². The SMILES string of the molecule is C[Si](C)(C)CCC=NC(=O)Oc1ccccc1. The van der Waals surface area contributed by atoms with Gasteiger partial charge in [-0.05, 0) is 18.6 Å². The fourth-order valence-corrected chi connectivity index (χ4v) is 2.25. The van der Waals surface area contributed by atoms with Crippen LogP contribution in [0, 0.1) is 0 Å². The lowest BCUT2D eigenvalue weighted by Crippen LogP contribution is -2.18. The minimum atomic E-state index is -1.05. The molecule has 0 radical (unpaired) electrons. The van der Waals surface area contributed by atoms with Crippen LogP contribution < -0.4 is 4.74 Å². The van der Waals surface area contributed by atoms with E-state index in [1.54, 1.807) is 18.3 Å². The van der Waals surface area contributed by atoms with E-state index in [2.05, 4.69) is 24.6 Å². The third kappa shape index (κ3) is 6.68. The van der Waals surface area contributed by atoms with E-state index < -0.39 is 14.2 Å². The van der Waals surface area contributed by atoms with Gasteiger partial charge in [0, 0.05) is 14.3 Å². The molecule has 0 fully saturated rings. The molecule has 17 heavy (non-hydrogen) atoms. The Morgan fingerprint density at radius 2 is 1.94 bits per heavy atom. The summed E-state index contributed by atoms with van der Waals surface area (Å²) in [6, 6.07) is 10.1. The average molecular weight is 249 g/mol. The highest BCUT2D eigenvalue weighted by Crippen LogP contribution is 2.10. The summed E-state index contributed by atoms with van der Waals surface area (Å²) in [5, 5.41) is 0. The number of benzene rings is 1. The normalized spacial score (nSPS) is 11.7. The predicted octanol–water partition coefficient (Wildman–Crippen LogP) is 3.98. The van der Waals surface area contributed by atoms with Crippen LogP contribution in [0.4, 0.5) is 4.79 Å². The van der Waals surface area contributed by atoms with Gasteiger partial charge in [0.1, 0.15) is 5.75 Å². The van der Waals surface area contributed by atoms with Gasteiger partial charge in [-0.2, -0.15) is 4.99 Å². The van der Waals surface area contributed by atoms with E-state index in [9.17, 15) is 4.79 Å². The molecule has 0 saturated heterocycles. The smallest absolute Gasteiger partial charge is 0.409 e. The Hall–Kier alpha value is -1.42. The number of ether oxygens (including phenoxy) is 1. The number of para-hydroxylation sites is 1. The second-order valence-corrected chi connectivity index (χ2v) is 10.7. The van der Waals surface area contributed by atoms with Gasteiger partial charge in [0.2, 0.25) is 0 Å². The van der Waals surface area contributed by atoms with Crippen LogP contribution in [0.2, 0.25) is 25.7 Å². The summed E-state index contributed by atoms with van der Waals surface area (Å²) in [4.78, 5) is 15.1. The number of carbonyl (C=O) groups is 1. The van der Waals surface area contributed by atoms with Gasteiger partial charge in [0.25, 0.3) is 0 Å². The van der Waals surface area contributed by atoms with Crippen molar-refractivity contribution in [2.45, 2.75) is 32.1 Å². The first-order chi connectivity index (χ1) is 7.97. The summed E-state index contributed by atoms with van der Waals surface area (Å²) in [6.45, 7) is 6.88. The molecular weight excluding hydrogens is 230 g/mol. The molecule has 1 rings (SSSR count). The lowest BCUT2D eigenvalue weighted by atomic mass is 10.3. The highest BCUT2D eigenvalue weighted by Gasteiger charge is 2.11. The van der Waals surface area contributed by atoms with Gasteiger partial charge >= 0.3 is 6.09 Å². The number of hydrogen-bond acceptors (Lipinski definition) is 2. The van der Waals surface area contributed by atoms with Gasteiger partial charge in [-0.1, -0.05) is 43.9 Å². The molecule has 1 amide bonds. The van der Waals surface area contributed by atoms with Crippen LogP contribution in [0.1, 0.15) is 6.42 Å². The lowest BCUT2D eigenvalue weighted by molar-refractivity contribution is 0.211. The highest BCUT2D eigenvalue weighted by molar-refractivity contribution is 6.76. The molecule has 92 valence electrons. The zero-order chi connectivity index (χ0) is 12.7. The van der Waals surface area contributed by atoms with Crippen molar-refractivity contribution in [2.24, 2.45) is 4.99 Å². The van der Waals surface area contributed by atoms with E-state index in [-0.39, 0.29) is 0 Å². The maximum absolute atomic E-state index is 11.3. The molecule has 0 atom stereocenters. The third-order valence-corrected chi connectivity index (χ3v) is 3.96. The van der Waals surface area contributed by atoms with Gasteiger partial charge in [-0.3, -0.25) is 0 Å². The Labute approximate surface area is 104 Å². The lowest BCUT2D eigenvalue weighted by Gasteiger charge is -2.12. The van der Waals surface area contributed by atoms with E-state index in [0.717, 1.165) is 12.5 Å². The summed E-state index contributed by atoms with van der Waals surface area (Å²) in [6.07, 6.45) is 1.95. The first-order valence-electron chi connectivity index (χ1n) is 5.77. The Balaban J connectivity index is 2.33. The van der Waals surface area contributed by atoms with E-state index in [4.69, 9.17) is 4.74 Å². The molecule has 3 nitrogen and oxygen atoms in total. The largest absolute Gasteiger partial charge is 0.438 e. The van der Waals surface area contributed by atoms with Crippen molar-refractivity contribution in [3.63, 3.8) is 0 Å². The number of aliphatic imine (C=N–C) groups is 1. The highest BCUT2D eigenvalue weighted by atomic mass is 28.3. The zero-order valence-electron chi connectivity index (χ0n) is 10.6. The summed E-state index contributed by atoms with van der Waals surface area (Å²) >= 11 is 0. The van der Waals surface area contributed by atoms with Crippen molar-refractivity contribution in [2.75, 3.05) is 0 Å². The first-order valence-corrected chi connectivity index (χ1v) is 9.47. The van der Waals surface area contributed by atoms with Crippen molar-refractivity contribution in [1.29, 1.82) is 0 Å². The summed E-state index contributed by atoms with van der Waals surface area (Å²) in [5.41, 5.74) is 0. The van der Waals surface area contributed by atoms with Crippen molar-refractivity contribution in [3.8, 4) is 5.75 Å². The van der Waals surface area contributed by atoms with Crippen LogP contribution in [0.25, 0.3) is 0 Å². The Morgan fingerprint density at radius 3 is 2.53 bits per heavy atom. The molecule has 1 aromatic carbocycles. The molecule has 0 heterocycles. The number of nitrogens with zero attached hydrogens (tertiary/aromatic N) is 1. The van der Waals surface area contributed by atoms with Crippen molar-refractivity contribution in [1.82, 2.24) is 0 Å². The number of hydrogen-bond donors (Lipinski definition) is 0. The standard InChI is InChI=1S/C13H19NO2Si/c1-17(2,3)11-7-10-14-13(15)16-12-8-5-4-6-9-12/h4-6,8-10H,7,11H2,1-3H3. The predicted molar refractivity (Wildman–Crippen MR) is 73.7 cm³/mol. The second kappa shape index (κ2) is 6.35. The van der Waals surface area contributed by atoms with Gasteiger partial charge < -0.3 is 4.74 Å². The molecule has 0 spiro atoms. The van der Waals surface area contributed by atoms with E-state index in [1.165, 1.54) is 0 Å². The van der Waals surface area contributed by atoms with Gasteiger partial charge in [-0.25, -0.2) is 4.79 Å². The second-order valence-electron chi connectivity index (χ2n) is 5.09. The molecule has 0 aliphatic carbocycles. The van der Waals surface area contributed by atoms with Crippen LogP contribution >= 0.6 is 0 Å². The summed E-state index contributed by atoms with van der Waals surface area (Å²) in [7, 11) is -1.05. The number of carbonyl (C=O) groups excluding carboxylic acids is 1. The van der Waals surface area contributed by atoms with Gasteiger partial charge in [-0.15, -0.1) is 0 Å². The molecule has 0 bridgehead atoms. The number of rotatable bonds is 4. The molecule has 1 aromatic rings. The van der Waals surface area contributed by atoms with Gasteiger partial charge in [0.15, 0.2) is 0 Å². The quantitative estimate of drug-likeness (QED) is 0.598. The fraction of sp³-hybridized carbons (Fsp3) is 0.385. The van der Waals surface area contributed by atoms with Crippen LogP contribution in [0.15, 0.2) is 35.3 Å². The molecule has 0 saturated carbocycles. The first kappa shape index (κ1) is 13.6. The molecule has 4 heteroatoms. The van der Waals surface area contributed by atoms with Crippen molar-refractivity contribution < 1.29 is 9.53 Å². The molecule has 0 N–H and O–H groups in total. The minimum absolute atomic E-state index is 0.528. The molecular formula is C13H19NO2Si. The minimum Gasteiger partial charge on any atom is -0.409 e. The van der Waals surface area contributed by atoms with E-state index >= 15 is 0 Å². The summed E-state index contributed by atoms with van der Waals surface area (Å²) in [5.74, 6) is 0.528.